The van der Waals surface area contributed by atoms with E-state index in [1.54, 1.807) is 12.4 Å². The second-order valence-electron chi connectivity index (χ2n) is 6.38. The Morgan fingerprint density at radius 2 is 2.00 bits per heavy atom. The molecule has 1 atom stereocenters. The average molecular weight is 359 g/mol. The molecule has 0 radical (unpaired) electrons. The molecule has 0 aliphatic carbocycles. The number of amides is 1. The molecular weight excluding hydrogens is 336 g/mol. The minimum atomic E-state index is 0.120. The minimum Gasteiger partial charge on any atom is -0.352 e. The first-order valence-corrected chi connectivity index (χ1v) is 9.14. The fourth-order valence-corrected chi connectivity index (χ4v) is 3.26. The van der Waals surface area contributed by atoms with Gasteiger partial charge in [0.1, 0.15) is 0 Å². The van der Waals surface area contributed by atoms with Crippen LogP contribution in [0.3, 0.4) is 0 Å². The Hall–Kier alpha value is -2.14. The van der Waals surface area contributed by atoms with Crippen LogP contribution in [0, 0.1) is 0 Å². The Kier molecular flexibility index (Phi) is 6.23. The third-order valence-electron chi connectivity index (χ3n) is 4.40. The number of halogens is 1. The normalized spacial score (nSPS) is 17.3. The van der Waals surface area contributed by atoms with Crippen molar-refractivity contribution < 1.29 is 4.79 Å². The van der Waals surface area contributed by atoms with Crippen LogP contribution in [0.25, 0.3) is 0 Å². The predicted octanol–water partition coefficient (Wildman–Crippen LogP) is 3.24. The number of nitrogens with zero attached hydrogens (tertiary/aromatic N) is 3. The number of hydrogen-bond donors (Lipinski definition) is 1. The van der Waals surface area contributed by atoms with Gasteiger partial charge >= 0.3 is 0 Å². The lowest BCUT2D eigenvalue weighted by molar-refractivity contribution is -0.121. The SMILES string of the molecule is O=C(CCCc1ccc(Cl)cc1)N[C@@H]1CCCN(c2ncccn2)C1. The summed E-state index contributed by atoms with van der Waals surface area (Å²) in [5, 5.41) is 3.90. The molecule has 0 bridgehead atoms. The van der Waals surface area contributed by atoms with E-state index in [-0.39, 0.29) is 11.9 Å². The number of anilines is 1. The highest BCUT2D eigenvalue weighted by molar-refractivity contribution is 6.30. The Balaban J connectivity index is 1.42. The number of benzene rings is 1. The molecule has 6 heteroatoms. The first-order chi connectivity index (χ1) is 12.2. The molecule has 1 aliphatic heterocycles. The standard InChI is InChI=1S/C19H23ClN4O/c20-16-9-7-15(8-10-16)4-1-6-18(25)23-17-5-2-13-24(14-17)19-21-11-3-12-22-19/h3,7-12,17H,1-2,4-6,13-14H2,(H,23,25)/t17-/m1/s1. The first kappa shape index (κ1) is 17.7. The van der Waals surface area contributed by atoms with E-state index in [0.717, 1.165) is 49.7 Å². The van der Waals surface area contributed by atoms with E-state index in [1.165, 1.54) is 5.56 Å². The summed E-state index contributed by atoms with van der Waals surface area (Å²) in [5.41, 5.74) is 1.21. The minimum absolute atomic E-state index is 0.120. The number of nitrogens with one attached hydrogen (secondary N) is 1. The summed E-state index contributed by atoms with van der Waals surface area (Å²) in [5.74, 6) is 0.860. The third kappa shape index (κ3) is 5.43. The molecule has 1 aliphatic rings. The van der Waals surface area contributed by atoms with Crippen molar-refractivity contribution in [2.24, 2.45) is 0 Å². The van der Waals surface area contributed by atoms with E-state index in [2.05, 4.69) is 20.2 Å². The molecule has 1 aromatic heterocycles. The maximum Gasteiger partial charge on any atom is 0.225 e. The highest BCUT2D eigenvalue weighted by Crippen LogP contribution is 2.16. The Morgan fingerprint density at radius 1 is 1.24 bits per heavy atom. The summed E-state index contributed by atoms with van der Waals surface area (Å²) in [4.78, 5) is 23.0. The second-order valence-corrected chi connectivity index (χ2v) is 6.82. The van der Waals surface area contributed by atoms with Gasteiger partial charge in [0.15, 0.2) is 0 Å². The van der Waals surface area contributed by atoms with Gasteiger partial charge in [-0.1, -0.05) is 23.7 Å². The van der Waals surface area contributed by atoms with Crippen molar-refractivity contribution in [3.8, 4) is 0 Å². The maximum absolute atomic E-state index is 12.2. The van der Waals surface area contributed by atoms with Crippen LogP contribution in [0.4, 0.5) is 5.95 Å². The van der Waals surface area contributed by atoms with Gasteiger partial charge in [0.25, 0.3) is 0 Å². The van der Waals surface area contributed by atoms with Crippen molar-refractivity contribution in [1.29, 1.82) is 0 Å². The Labute approximate surface area is 153 Å². The number of aromatic nitrogens is 2. The average Bonchev–Trinajstić information content (AvgIpc) is 2.64. The summed E-state index contributed by atoms with van der Waals surface area (Å²) in [6.07, 6.45) is 7.81. The molecule has 0 saturated carbocycles. The van der Waals surface area contributed by atoms with Crippen molar-refractivity contribution >= 4 is 23.5 Å². The number of carbonyl (C=O) groups is 1. The lowest BCUT2D eigenvalue weighted by Crippen LogP contribution is -2.48. The number of rotatable bonds is 6. The molecule has 1 saturated heterocycles. The molecule has 0 unspecified atom stereocenters. The fourth-order valence-electron chi connectivity index (χ4n) is 3.14. The van der Waals surface area contributed by atoms with Gasteiger partial charge < -0.3 is 10.2 Å². The van der Waals surface area contributed by atoms with Gasteiger partial charge in [-0.25, -0.2) is 9.97 Å². The molecule has 2 heterocycles. The van der Waals surface area contributed by atoms with E-state index in [9.17, 15) is 4.79 Å². The molecule has 1 aromatic carbocycles. The van der Waals surface area contributed by atoms with Crippen LogP contribution in [-0.2, 0) is 11.2 Å². The zero-order valence-electron chi connectivity index (χ0n) is 14.2. The van der Waals surface area contributed by atoms with E-state index in [1.807, 2.05) is 30.3 Å². The molecule has 25 heavy (non-hydrogen) atoms. The lowest BCUT2D eigenvalue weighted by Gasteiger charge is -2.33. The van der Waals surface area contributed by atoms with Gasteiger partial charge in [-0.15, -0.1) is 0 Å². The molecule has 1 N–H and O–H groups in total. The first-order valence-electron chi connectivity index (χ1n) is 8.76. The van der Waals surface area contributed by atoms with Crippen molar-refractivity contribution in [3.63, 3.8) is 0 Å². The highest BCUT2D eigenvalue weighted by atomic mass is 35.5. The van der Waals surface area contributed by atoms with E-state index >= 15 is 0 Å². The number of piperidine rings is 1. The fraction of sp³-hybridized carbons (Fsp3) is 0.421. The topological polar surface area (TPSA) is 58.1 Å². The van der Waals surface area contributed by atoms with Crippen molar-refractivity contribution in [1.82, 2.24) is 15.3 Å². The van der Waals surface area contributed by atoms with E-state index < -0.39 is 0 Å². The Bertz CT molecular complexity index is 678. The molecule has 1 fully saturated rings. The zero-order chi connectivity index (χ0) is 17.5. The van der Waals surface area contributed by atoms with Crippen LogP contribution < -0.4 is 10.2 Å². The number of carbonyl (C=O) groups excluding carboxylic acids is 1. The molecule has 3 rings (SSSR count). The Morgan fingerprint density at radius 3 is 2.76 bits per heavy atom. The van der Waals surface area contributed by atoms with Crippen LogP contribution in [-0.4, -0.2) is 35.0 Å². The summed E-state index contributed by atoms with van der Waals surface area (Å²) in [6, 6.07) is 9.78. The van der Waals surface area contributed by atoms with Gasteiger partial charge in [0, 0.05) is 43.0 Å². The summed E-state index contributed by atoms with van der Waals surface area (Å²) in [7, 11) is 0. The largest absolute Gasteiger partial charge is 0.352 e. The third-order valence-corrected chi connectivity index (χ3v) is 4.66. The van der Waals surface area contributed by atoms with Gasteiger partial charge in [-0.05, 0) is 49.4 Å². The van der Waals surface area contributed by atoms with Crippen LogP contribution >= 0.6 is 11.6 Å². The molecule has 0 spiro atoms. The summed E-state index contributed by atoms with van der Waals surface area (Å²) < 4.78 is 0. The molecule has 5 nitrogen and oxygen atoms in total. The quantitative estimate of drug-likeness (QED) is 0.861. The lowest BCUT2D eigenvalue weighted by atomic mass is 10.0. The molecular formula is C19H23ClN4O. The molecule has 2 aromatic rings. The monoisotopic (exact) mass is 358 g/mol. The summed E-state index contributed by atoms with van der Waals surface area (Å²) in [6.45, 7) is 1.71. The van der Waals surface area contributed by atoms with E-state index in [0.29, 0.717) is 6.42 Å². The molecule has 132 valence electrons. The summed E-state index contributed by atoms with van der Waals surface area (Å²) >= 11 is 5.88. The number of hydrogen-bond acceptors (Lipinski definition) is 4. The van der Waals surface area contributed by atoms with Gasteiger partial charge in [-0.2, -0.15) is 0 Å². The van der Waals surface area contributed by atoms with Crippen molar-refractivity contribution in [3.05, 3.63) is 53.3 Å². The van der Waals surface area contributed by atoms with Crippen molar-refractivity contribution in [2.75, 3.05) is 18.0 Å². The van der Waals surface area contributed by atoms with Crippen LogP contribution in [0.2, 0.25) is 5.02 Å². The number of aryl methyl sites for hydroxylation is 1. The smallest absolute Gasteiger partial charge is 0.225 e. The van der Waals surface area contributed by atoms with Gasteiger partial charge in [-0.3, -0.25) is 4.79 Å². The molecule has 1 amide bonds. The van der Waals surface area contributed by atoms with Gasteiger partial charge in [0.05, 0.1) is 0 Å². The van der Waals surface area contributed by atoms with Crippen molar-refractivity contribution in [2.45, 2.75) is 38.1 Å². The van der Waals surface area contributed by atoms with Crippen LogP contribution in [0.5, 0.6) is 0 Å². The van der Waals surface area contributed by atoms with Crippen LogP contribution in [0.1, 0.15) is 31.2 Å². The predicted molar refractivity (Wildman–Crippen MR) is 99.8 cm³/mol. The second kappa shape index (κ2) is 8.81. The highest BCUT2D eigenvalue weighted by Gasteiger charge is 2.22. The van der Waals surface area contributed by atoms with E-state index in [4.69, 9.17) is 11.6 Å². The van der Waals surface area contributed by atoms with Gasteiger partial charge in [0.2, 0.25) is 11.9 Å². The maximum atomic E-state index is 12.2. The van der Waals surface area contributed by atoms with Crippen LogP contribution in [0.15, 0.2) is 42.7 Å². The zero-order valence-corrected chi connectivity index (χ0v) is 15.0.